The first-order valence-corrected chi connectivity index (χ1v) is 28.5. The molecule has 3 aromatic carbocycles. The largest absolute Gasteiger partial charge is 0.508 e. The number of allylic oxidation sites excluding steroid dienone is 8. The molecule has 420 valence electrons. The Morgan fingerprint density at radius 1 is 0.962 bits per heavy atom. The van der Waals surface area contributed by atoms with Gasteiger partial charge in [0.05, 0.1) is 30.5 Å². The highest BCUT2D eigenvalue weighted by Crippen LogP contribution is 2.69. The van der Waals surface area contributed by atoms with Gasteiger partial charge in [0, 0.05) is 43.2 Å². The van der Waals surface area contributed by atoms with E-state index in [0.29, 0.717) is 80.1 Å². The minimum Gasteiger partial charge on any atom is -0.508 e. The van der Waals surface area contributed by atoms with E-state index in [1.54, 1.807) is 24.3 Å². The van der Waals surface area contributed by atoms with Gasteiger partial charge >= 0.3 is 0 Å². The average molecular weight is 1080 g/mol. The van der Waals surface area contributed by atoms with Crippen LogP contribution in [0.2, 0.25) is 0 Å². The number of hydrogen-bond donors (Lipinski definition) is 10. The van der Waals surface area contributed by atoms with E-state index in [-0.39, 0.29) is 62.1 Å². The highest BCUT2D eigenvalue weighted by atomic mass is 16.5. The lowest BCUT2D eigenvalue weighted by atomic mass is 9.45. The normalized spacial score (nSPS) is 31.6. The maximum Gasteiger partial charge on any atom is 0.243 e. The number of aliphatic imine (C=N–C) groups is 1. The maximum absolute atomic E-state index is 15.3. The molecule has 13 N–H and O–H groups in total. The van der Waals surface area contributed by atoms with Gasteiger partial charge in [0.1, 0.15) is 24.6 Å². The Bertz CT molecular complexity index is 2970. The van der Waals surface area contributed by atoms with Gasteiger partial charge in [0.2, 0.25) is 5.91 Å². The molecule has 1 spiro atoms. The molecule has 12 atom stereocenters. The first-order chi connectivity index (χ1) is 38.0. The van der Waals surface area contributed by atoms with Gasteiger partial charge in [0.15, 0.2) is 11.7 Å². The lowest BCUT2D eigenvalue weighted by Gasteiger charge is -2.61. The van der Waals surface area contributed by atoms with Gasteiger partial charge < -0.3 is 52.8 Å². The minimum absolute atomic E-state index is 0.0467. The minimum atomic E-state index is -1.25. The molecule has 79 heavy (non-hydrogen) atoms. The van der Waals surface area contributed by atoms with Crippen LogP contribution in [0.3, 0.4) is 0 Å². The summed E-state index contributed by atoms with van der Waals surface area (Å²) in [6.07, 6.45) is 11.8. The smallest absolute Gasteiger partial charge is 0.243 e. The second kappa shape index (κ2) is 25.1. The number of nitrogens with one attached hydrogen (secondary N) is 2. The molecular formula is C65H82N6O8. The third-order valence-electron chi connectivity index (χ3n) is 18.6. The number of nitrogens with zero attached hydrogens (tertiary/aromatic N) is 1. The van der Waals surface area contributed by atoms with Gasteiger partial charge in [-0.2, -0.15) is 0 Å². The Balaban J connectivity index is 1.13. The molecule has 3 fully saturated rings. The number of carbonyl (C=O) groups excluding carboxylic acids is 2. The zero-order valence-corrected chi connectivity index (χ0v) is 46.0. The SMILES string of the molecule is C=C1C=CC=C(C2CC3CCCC4(O)CCC5=C(C)C(=O)Cc6cccc7c6C(NCC(O)C(C(CN=C(N)N)c6ccc(O)cc6)Cc6cccc(c6)CC(O)CCC5C34C2O)C(=O)NC7N)COCC#CCC(C)=CCC1. The number of ketones is 1. The number of nitrogens with two attached hydrogens (primary N) is 3. The number of fused-ring (bicyclic) bond motifs is 3. The number of phenolic OH excluding ortho intramolecular Hbond substituents is 1. The van der Waals surface area contributed by atoms with E-state index < -0.39 is 65.2 Å². The second-order valence-electron chi connectivity index (χ2n) is 23.4. The van der Waals surface area contributed by atoms with Gasteiger partial charge in [-0.05, 0) is 159 Å². The molecule has 12 unspecified atom stereocenters. The average Bonchev–Trinajstić information content (AvgIpc) is 2.63. The summed E-state index contributed by atoms with van der Waals surface area (Å²) in [7, 11) is 0. The fraction of sp³-hybridized carbons (Fsp3) is 0.492. The monoisotopic (exact) mass is 1070 g/mol. The number of benzene rings is 3. The summed E-state index contributed by atoms with van der Waals surface area (Å²) >= 11 is 0. The lowest BCUT2D eigenvalue weighted by Crippen LogP contribution is -2.65. The zero-order valence-electron chi connectivity index (χ0n) is 46.0. The molecule has 1 amide bonds. The molecule has 0 radical (unpaired) electrons. The molecule has 3 heterocycles. The lowest BCUT2D eigenvalue weighted by molar-refractivity contribution is -0.216. The first-order valence-electron chi connectivity index (χ1n) is 28.5. The molecule has 14 heteroatoms. The molecule has 9 rings (SSSR count). The number of amides is 1. The Labute approximate surface area is 466 Å². The van der Waals surface area contributed by atoms with Crippen LogP contribution in [0.15, 0.2) is 130 Å². The number of β-amino-alcohol motifs (C(OH)–C–C–N with tert-alkyl or cyclic N) is 1. The van der Waals surface area contributed by atoms with Crippen molar-refractivity contribution in [3.63, 3.8) is 0 Å². The van der Waals surface area contributed by atoms with E-state index in [9.17, 15) is 30.3 Å². The van der Waals surface area contributed by atoms with Crippen LogP contribution in [0.5, 0.6) is 5.75 Å². The Hall–Kier alpha value is -6.15. The van der Waals surface area contributed by atoms with E-state index in [2.05, 4.69) is 53.1 Å². The number of aromatic hydroxyl groups is 1. The van der Waals surface area contributed by atoms with Crippen LogP contribution in [0.1, 0.15) is 136 Å². The topological polar surface area (TPSA) is 259 Å². The van der Waals surface area contributed by atoms with Crippen LogP contribution < -0.4 is 27.8 Å². The van der Waals surface area contributed by atoms with E-state index in [0.717, 1.165) is 59.1 Å². The van der Waals surface area contributed by atoms with Gasteiger partial charge in [-0.15, -0.1) is 0 Å². The van der Waals surface area contributed by atoms with Crippen molar-refractivity contribution in [3.05, 3.63) is 159 Å². The standard InChI is InChI=1S/C65H82N6O8/c1-39-11-4-5-30-79-38-46(18-7-14-40(2)13-6-12-39)52-35-47-19-10-28-64(78)29-27-50-41(3)56(74)34-45-17-9-20-51-58(45)59(62(77)71-61(51)66)69-37-57(75)53(54(36-70-63(67)68)44-21-23-48(72)24-22-44)33-43-16-8-15-42(31-43)32-49(73)25-26-55(50)65(47,64)60(52)76/h7-9,12,14-18,20-24,31,47,49,52-55,57,59-61,69,72-73,75-76,78H,2,6,10-11,13,19,25-30,32-38,66H2,1,3H3,(H,71,77)(H4,67,68,70). The zero-order chi connectivity index (χ0) is 56.0. The highest BCUT2D eigenvalue weighted by molar-refractivity contribution is 5.98. The third kappa shape index (κ3) is 12.4. The van der Waals surface area contributed by atoms with Crippen molar-refractivity contribution in [3.8, 4) is 17.6 Å². The molecule has 14 nitrogen and oxygen atoms in total. The number of carbonyl (C=O) groups is 2. The number of aliphatic hydroxyl groups excluding tert-OH is 3. The third-order valence-corrected chi connectivity index (χ3v) is 18.6. The molecule has 0 saturated heterocycles. The summed E-state index contributed by atoms with van der Waals surface area (Å²) in [5.74, 6) is 3.90. The molecule has 3 saturated carbocycles. The van der Waals surface area contributed by atoms with Gasteiger partial charge in [0.25, 0.3) is 0 Å². The summed E-state index contributed by atoms with van der Waals surface area (Å²) in [4.78, 5) is 33.9. The Kier molecular flexibility index (Phi) is 18.3. The molecule has 2 bridgehead atoms. The number of rotatable bonds is 5. The number of aliphatic hydroxyl groups is 4. The van der Waals surface area contributed by atoms with Crippen molar-refractivity contribution >= 4 is 17.6 Å². The van der Waals surface area contributed by atoms with Crippen molar-refractivity contribution in [2.24, 2.45) is 51.3 Å². The number of phenols is 1. The molecule has 3 aliphatic heterocycles. The molecule has 3 aromatic rings. The molecule has 6 aliphatic rings. The van der Waals surface area contributed by atoms with Crippen LogP contribution in [-0.4, -0.2) is 93.4 Å². The van der Waals surface area contributed by atoms with Crippen molar-refractivity contribution < 1.29 is 39.9 Å². The van der Waals surface area contributed by atoms with Gasteiger partial charge in [-0.25, -0.2) is 0 Å². The van der Waals surface area contributed by atoms with Crippen molar-refractivity contribution in [1.29, 1.82) is 0 Å². The van der Waals surface area contributed by atoms with E-state index in [4.69, 9.17) is 21.9 Å². The van der Waals surface area contributed by atoms with Crippen LogP contribution in [0.25, 0.3) is 0 Å². The first kappa shape index (κ1) is 57.5. The maximum atomic E-state index is 15.3. The van der Waals surface area contributed by atoms with E-state index in [1.807, 2.05) is 61.5 Å². The van der Waals surface area contributed by atoms with E-state index in [1.165, 1.54) is 5.57 Å². The van der Waals surface area contributed by atoms with E-state index >= 15 is 4.79 Å². The van der Waals surface area contributed by atoms with Crippen molar-refractivity contribution in [2.45, 2.75) is 146 Å². The summed E-state index contributed by atoms with van der Waals surface area (Å²) < 4.78 is 6.28. The highest BCUT2D eigenvalue weighted by Gasteiger charge is 2.70. The van der Waals surface area contributed by atoms with Crippen LogP contribution >= 0.6 is 0 Å². The molecule has 3 aliphatic carbocycles. The summed E-state index contributed by atoms with van der Waals surface area (Å²) in [5.41, 5.74) is 25.2. The van der Waals surface area contributed by atoms with Crippen LogP contribution in [-0.2, 0) is 33.6 Å². The molecular weight excluding hydrogens is 993 g/mol. The number of Topliss-reactive ketones (excluding diaryl/α,β-unsaturated/α-hetero) is 1. The quantitative estimate of drug-likeness (QED) is 0.0536. The van der Waals surface area contributed by atoms with Crippen molar-refractivity contribution in [2.75, 3.05) is 26.3 Å². The summed E-state index contributed by atoms with van der Waals surface area (Å²) in [6.45, 7) is 8.83. The van der Waals surface area contributed by atoms with Gasteiger partial charge in [-0.3, -0.25) is 19.9 Å². The second-order valence-corrected chi connectivity index (χ2v) is 23.4. The summed E-state index contributed by atoms with van der Waals surface area (Å²) in [5, 5.41) is 68.2. The van der Waals surface area contributed by atoms with Crippen molar-refractivity contribution in [1.82, 2.24) is 10.6 Å². The Morgan fingerprint density at radius 2 is 1.73 bits per heavy atom. The van der Waals surface area contributed by atoms with Gasteiger partial charge in [-0.1, -0.05) is 120 Å². The number of guanidine groups is 1. The van der Waals surface area contributed by atoms with Crippen LogP contribution in [0.4, 0.5) is 0 Å². The predicted molar refractivity (Wildman–Crippen MR) is 308 cm³/mol. The number of hydrogen-bond acceptors (Lipinski definition) is 11. The predicted octanol–water partition coefficient (Wildman–Crippen LogP) is 7.01. The van der Waals surface area contributed by atoms with Crippen LogP contribution in [0, 0.1) is 40.9 Å². The fourth-order valence-electron chi connectivity index (χ4n) is 14.7. The Morgan fingerprint density at radius 3 is 2.52 bits per heavy atom. The number of ether oxygens (including phenoxy) is 1. The fourth-order valence-corrected chi connectivity index (χ4v) is 14.7. The summed E-state index contributed by atoms with van der Waals surface area (Å²) in [6, 6.07) is 19.3. The molecule has 0 aromatic heterocycles.